The number of benzene rings is 1. The first-order valence-corrected chi connectivity index (χ1v) is 7.73. The predicted molar refractivity (Wildman–Crippen MR) is 77.6 cm³/mol. The van der Waals surface area contributed by atoms with Crippen molar-refractivity contribution in [3.05, 3.63) is 23.5 Å². The van der Waals surface area contributed by atoms with Gasteiger partial charge in [-0.2, -0.15) is 13.2 Å². The zero-order valence-corrected chi connectivity index (χ0v) is 12.7. The van der Waals surface area contributed by atoms with E-state index >= 15 is 0 Å². The summed E-state index contributed by atoms with van der Waals surface area (Å²) in [6.07, 6.45) is -4.23. The van der Waals surface area contributed by atoms with Gasteiger partial charge in [0, 0.05) is 30.6 Å². The maximum atomic E-state index is 14.1. The van der Waals surface area contributed by atoms with Crippen LogP contribution in [0.3, 0.4) is 0 Å². The third-order valence-electron chi connectivity index (χ3n) is 3.35. The highest BCUT2D eigenvalue weighted by atomic mass is 32.2. The topological polar surface area (TPSA) is 15.3 Å². The second kappa shape index (κ2) is 6.44. The van der Waals surface area contributed by atoms with Crippen LogP contribution in [-0.2, 0) is 0 Å². The number of rotatable bonds is 3. The molecule has 1 saturated heterocycles. The van der Waals surface area contributed by atoms with Gasteiger partial charge in [0.2, 0.25) is 0 Å². The molecule has 0 spiro atoms. The summed E-state index contributed by atoms with van der Waals surface area (Å²) in [6, 6.07) is 3.09. The summed E-state index contributed by atoms with van der Waals surface area (Å²) >= 11 is 0.708. The largest absolute Gasteiger partial charge is 0.398 e. The number of nitrogens with zero attached hydrogens (tertiary/aromatic N) is 1. The molecule has 1 aliphatic heterocycles. The highest BCUT2D eigenvalue weighted by Crippen LogP contribution is 2.33. The fourth-order valence-corrected chi connectivity index (χ4v) is 3.15. The van der Waals surface area contributed by atoms with E-state index in [0.717, 1.165) is 6.54 Å². The van der Waals surface area contributed by atoms with Crippen molar-refractivity contribution in [2.75, 3.05) is 30.3 Å². The van der Waals surface area contributed by atoms with Crippen LogP contribution in [0.5, 0.6) is 0 Å². The lowest BCUT2D eigenvalue weighted by atomic mass is 10.1. The van der Waals surface area contributed by atoms with Crippen molar-refractivity contribution in [1.82, 2.24) is 5.32 Å². The summed E-state index contributed by atoms with van der Waals surface area (Å²) in [6.45, 7) is 5.65. The minimum absolute atomic E-state index is 0.228. The first-order valence-electron chi connectivity index (χ1n) is 6.74. The molecule has 0 saturated carbocycles. The molecule has 1 fully saturated rings. The van der Waals surface area contributed by atoms with Crippen LogP contribution in [0.1, 0.15) is 12.5 Å². The predicted octanol–water partition coefficient (Wildman–Crippen LogP) is 3.59. The summed E-state index contributed by atoms with van der Waals surface area (Å²) in [5.41, 5.74) is 0.923. The number of halogens is 4. The number of hydrogen-bond donors (Lipinski definition) is 1. The van der Waals surface area contributed by atoms with Crippen LogP contribution in [-0.4, -0.2) is 37.6 Å². The number of anilines is 1. The quantitative estimate of drug-likeness (QED) is 0.676. The number of aryl methyl sites for hydroxylation is 1. The number of thioether (sulfide) groups is 1. The molecule has 1 heterocycles. The zero-order chi connectivity index (χ0) is 15.6. The summed E-state index contributed by atoms with van der Waals surface area (Å²) in [4.78, 5) is 2.36. The van der Waals surface area contributed by atoms with Crippen LogP contribution in [0.4, 0.5) is 23.2 Å². The van der Waals surface area contributed by atoms with E-state index in [1.807, 2.05) is 11.8 Å². The lowest BCUT2D eigenvalue weighted by Crippen LogP contribution is -2.49. The summed E-state index contributed by atoms with van der Waals surface area (Å²) in [5.74, 6) is -1.34. The Morgan fingerprint density at radius 2 is 2.10 bits per heavy atom. The molecule has 1 aliphatic rings. The summed E-state index contributed by atoms with van der Waals surface area (Å²) < 4.78 is 51.2. The molecule has 1 N–H and O–H groups in total. The van der Waals surface area contributed by atoms with Crippen molar-refractivity contribution in [2.24, 2.45) is 0 Å². The minimum atomic E-state index is -4.23. The van der Waals surface area contributed by atoms with Gasteiger partial charge in [0.05, 0.1) is 11.4 Å². The lowest BCUT2D eigenvalue weighted by molar-refractivity contribution is -0.105. The number of hydrogen-bond acceptors (Lipinski definition) is 3. The van der Waals surface area contributed by atoms with Crippen molar-refractivity contribution < 1.29 is 17.6 Å². The van der Waals surface area contributed by atoms with Gasteiger partial charge in [-0.1, -0.05) is 0 Å². The van der Waals surface area contributed by atoms with Gasteiger partial charge in [-0.15, -0.1) is 11.8 Å². The number of piperazine rings is 1. The number of nitrogens with one attached hydrogen (secondary N) is 1. The van der Waals surface area contributed by atoms with Crippen molar-refractivity contribution in [1.29, 1.82) is 0 Å². The van der Waals surface area contributed by atoms with Gasteiger partial charge in [0.25, 0.3) is 0 Å². The third kappa shape index (κ3) is 4.51. The van der Waals surface area contributed by atoms with E-state index in [-0.39, 0.29) is 11.9 Å². The summed E-state index contributed by atoms with van der Waals surface area (Å²) in [7, 11) is 0. The molecule has 0 aromatic heterocycles. The smallest absolute Gasteiger partial charge is 0.366 e. The van der Waals surface area contributed by atoms with Crippen LogP contribution < -0.4 is 10.2 Å². The van der Waals surface area contributed by atoms with Crippen molar-refractivity contribution in [3.8, 4) is 0 Å². The van der Waals surface area contributed by atoms with E-state index < -0.39 is 11.9 Å². The minimum Gasteiger partial charge on any atom is -0.366 e. The molecular weight excluding hydrogens is 304 g/mol. The first-order chi connectivity index (χ1) is 9.76. The highest BCUT2D eigenvalue weighted by Gasteiger charge is 2.28. The van der Waals surface area contributed by atoms with E-state index in [0.29, 0.717) is 41.0 Å². The highest BCUT2D eigenvalue weighted by molar-refractivity contribution is 7.99. The molecule has 2 nitrogen and oxygen atoms in total. The Labute approximate surface area is 125 Å². The Balaban J connectivity index is 2.21. The second-order valence-corrected chi connectivity index (χ2v) is 6.29. The van der Waals surface area contributed by atoms with Crippen LogP contribution in [0, 0.1) is 12.7 Å². The monoisotopic (exact) mass is 322 g/mol. The number of alkyl halides is 3. The summed E-state index contributed by atoms with van der Waals surface area (Å²) in [5, 5.41) is 3.25. The Hall–Kier alpha value is -0.950. The fraction of sp³-hybridized carbons (Fsp3) is 0.571. The Morgan fingerprint density at radius 1 is 1.38 bits per heavy atom. The molecule has 1 unspecified atom stereocenters. The van der Waals surface area contributed by atoms with Gasteiger partial charge in [-0.05, 0) is 31.5 Å². The normalized spacial score (nSPS) is 19.9. The molecule has 0 aliphatic carbocycles. The van der Waals surface area contributed by atoms with Gasteiger partial charge in [-0.3, -0.25) is 0 Å². The fourth-order valence-electron chi connectivity index (χ4n) is 2.35. The van der Waals surface area contributed by atoms with Gasteiger partial charge in [0.15, 0.2) is 0 Å². The van der Waals surface area contributed by atoms with Crippen molar-refractivity contribution in [3.63, 3.8) is 0 Å². The SMILES string of the molecule is Cc1cc(F)c(N2CCNC(C)C2)cc1SCC(F)(F)F. The molecule has 1 aromatic carbocycles. The van der Waals surface area contributed by atoms with Crippen molar-refractivity contribution in [2.45, 2.75) is 31.0 Å². The second-order valence-electron chi connectivity index (χ2n) is 5.27. The molecule has 0 bridgehead atoms. The van der Waals surface area contributed by atoms with Crippen LogP contribution in [0.25, 0.3) is 0 Å². The maximum Gasteiger partial charge on any atom is 0.398 e. The van der Waals surface area contributed by atoms with E-state index in [2.05, 4.69) is 5.32 Å². The Kier molecular flexibility index (Phi) is 5.03. The van der Waals surface area contributed by atoms with E-state index in [9.17, 15) is 17.6 Å². The average molecular weight is 322 g/mol. The Morgan fingerprint density at radius 3 is 2.71 bits per heavy atom. The average Bonchev–Trinajstić information content (AvgIpc) is 2.36. The Bertz CT molecular complexity index is 504. The van der Waals surface area contributed by atoms with Gasteiger partial charge in [-0.25, -0.2) is 4.39 Å². The molecule has 2 rings (SSSR count). The van der Waals surface area contributed by atoms with E-state index in [1.165, 1.54) is 6.07 Å². The molecule has 1 atom stereocenters. The molecule has 0 amide bonds. The van der Waals surface area contributed by atoms with Crippen molar-refractivity contribution >= 4 is 17.4 Å². The van der Waals surface area contributed by atoms with E-state index in [4.69, 9.17) is 0 Å². The lowest BCUT2D eigenvalue weighted by Gasteiger charge is -2.34. The third-order valence-corrected chi connectivity index (χ3v) is 4.57. The molecule has 1 aromatic rings. The van der Waals surface area contributed by atoms with Gasteiger partial charge in [0.1, 0.15) is 5.82 Å². The molecule has 21 heavy (non-hydrogen) atoms. The van der Waals surface area contributed by atoms with Crippen LogP contribution in [0.2, 0.25) is 0 Å². The van der Waals surface area contributed by atoms with E-state index in [1.54, 1.807) is 13.0 Å². The molecule has 0 radical (unpaired) electrons. The zero-order valence-electron chi connectivity index (χ0n) is 11.9. The first kappa shape index (κ1) is 16.4. The van der Waals surface area contributed by atoms with Gasteiger partial charge >= 0.3 is 6.18 Å². The molecule has 7 heteroatoms. The molecule has 118 valence electrons. The maximum absolute atomic E-state index is 14.1. The van der Waals surface area contributed by atoms with Crippen LogP contribution in [0.15, 0.2) is 17.0 Å². The molecular formula is C14H18F4N2S. The standard InChI is InChI=1S/C14H18F4N2S/c1-9-5-11(15)12(20-4-3-19-10(2)7-20)6-13(9)21-8-14(16,17)18/h5-6,10,19H,3-4,7-8H2,1-2H3. The van der Waals surface area contributed by atoms with Crippen LogP contribution >= 0.6 is 11.8 Å². The van der Waals surface area contributed by atoms with Gasteiger partial charge < -0.3 is 10.2 Å².